The summed E-state index contributed by atoms with van der Waals surface area (Å²) in [5.41, 5.74) is 4.54. The van der Waals surface area contributed by atoms with E-state index in [1.165, 1.54) is 0 Å². The number of imide groups is 1. The molecule has 100 valence electrons. The number of hydrogen-bond donors (Lipinski definition) is 5. The Morgan fingerprint density at radius 1 is 1.41 bits per heavy atom. The number of nitrogens with one attached hydrogen (secondary N) is 2. The number of aliphatic hydroxyl groups excluding tert-OH is 2. The fourth-order valence-electron chi connectivity index (χ4n) is 0.518. The third-order valence-corrected chi connectivity index (χ3v) is 1.05. The van der Waals surface area contributed by atoms with Crippen LogP contribution >= 0.6 is 0 Å². The van der Waals surface area contributed by atoms with Crippen molar-refractivity contribution in [1.82, 2.24) is 10.6 Å². The summed E-state index contributed by atoms with van der Waals surface area (Å²) in [4.78, 5) is 29.7. The third-order valence-electron chi connectivity index (χ3n) is 1.05. The molecule has 0 unspecified atom stereocenters. The van der Waals surface area contributed by atoms with E-state index >= 15 is 0 Å². The molecular formula is C8H17N3O6. The number of primary amides is 1. The molecule has 1 heterocycles. The summed E-state index contributed by atoms with van der Waals surface area (Å²) >= 11 is 0. The second kappa shape index (κ2) is 12.2. The molecule has 0 spiro atoms. The van der Waals surface area contributed by atoms with Crippen LogP contribution in [0.3, 0.4) is 0 Å². The lowest BCUT2D eigenvalue weighted by Crippen LogP contribution is -2.22. The molecule has 9 nitrogen and oxygen atoms in total. The van der Waals surface area contributed by atoms with Crippen LogP contribution in [0.25, 0.3) is 0 Å². The van der Waals surface area contributed by atoms with Crippen molar-refractivity contribution in [3.05, 3.63) is 0 Å². The summed E-state index contributed by atoms with van der Waals surface area (Å²) < 4.78 is 4.18. The minimum Gasteiger partial charge on any atom is -0.450 e. The van der Waals surface area contributed by atoms with E-state index in [0.717, 1.165) is 0 Å². The summed E-state index contributed by atoms with van der Waals surface area (Å²) in [6.45, 7) is 1.93. The van der Waals surface area contributed by atoms with Gasteiger partial charge < -0.3 is 26.0 Å². The van der Waals surface area contributed by atoms with Gasteiger partial charge in [0.1, 0.15) is 0 Å². The molecule has 0 aromatic rings. The van der Waals surface area contributed by atoms with Crippen LogP contribution in [0.2, 0.25) is 0 Å². The first-order valence-electron chi connectivity index (χ1n) is 4.69. The number of ether oxygens (including phenoxy) is 1. The molecule has 0 saturated carbocycles. The molecule has 0 bridgehead atoms. The van der Waals surface area contributed by atoms with E-state index < -0.39 is 12.1 Å². The lowest BCUT2D eigenvalue weighted by Gasteiger charge is -1.89. The molecule has 17 heavy (non-hydrogen) atoms. The van der Waals surface area contributed by atoms with Gasteiger partial charge >= 0.3 is 12.1 Å². The summed E-state index contributed by atoms with van der Waals surface area (Å²) in [5.74, 6) is -0.259. The van der Waals surface area contributed by atoms with Crippen LogP contribution in [0.5, 0.6) is 0 Å². The quantitative estimate of drug-likeness (QED) is 0.354. The maximum absolute atomic E-state index is 10.1. The zero-order valence-corrected chi connectivity index (χ0v) is 9.43. The Bertz CT molecular complexity index is 229. The maximum atomic E-state index is 10.1. The highest BCUT2D eigenvalue weighted by Crippen LogP contribution is 1.73. The van der Waals surface area contributed by atoms with Gasteiger partial charge in [0.15, 0.2) is 0 Å². The fourth-order valence-corrected chi connectivity index (χ4v) is 0.518. The molecule has 4 amide bonds. The molecule has 9 heteroatoms. The van der Waals surface area contributed by atoms with Gasteiger partial charge in [-0.3, -0.25) is 10.1 Å². The van der Waals surface area contributed by atoms with Crippen molar-refractivity contribution in [2.75, 3.05) is 26.4 Å². The number of hydrogen-bond acceptors (Lipinski definition) is 6. The van der Waals surface area contributed by atoms with Crippen molar-refractivity contribution in [3.8, 4) is 0 Å². The van der Waals surface area contributed by atoms with Gasteiger partial charge in [-0.2, -0.15) is 0 Å². The Balaban J connectivity index is 0. The van der Waals surface area contributed by atoms with Crippen molar-refractivity contribution in [3.63, 3.8) is 0 Å². The average Bonchev–Trinajstić information content (AvgIpc) is 2.63. The first-order valence-corrected chi connectivity index (χ1v) is 4.69. The molecule has 0 aromatic heterocycles. The monoisotopic (exact) mass is 251 g/mol. The molecule has 1 saturated heterocycles. The Hall–Kier alpha value is -1.87. The van der Waals surface area contributed by atoms with E-state index in [0.29, 0.717) is 6.61 Å². The van der Waals surface area contributed by atoms with Crippen LogP contribution in [0, 0.1) is 0 Å². The molecule has 1 fully saturated rings. The summed E-state index contributed by atoms with van der Waals surface area (Å²) in [5, 5.41) is 19.5. The highest BCUT2D eigenvalue weighted by Gasteiger charge is 2.14. The van der Waals surface area contributed by atoms with E-state index in [4.69, 9.17) is 10.2 Å². The predicted molar refractivity (Wildman–Crippen MR) is 56.9 cm³/mol. The Morgan fingerprint density at radius 3 is 2.00 bits per heavy atom. The van der Waals surface area contributed by atoms with E-state index in [1.807, 2.05) is 5.32 Å². The molecule has 0 radical (unpaired) electrons. The Labute approximate surface area is 97.9 Å². The number of urea groups is 1. The number of rotatable bonds is 2. The van der Waals surface area contributed by atoms with Crippen LogP contribution in [0.1, 0.15) is 6.92 Å². The van der Waals surface area contributed by atoms with E-state index in [9.17, 15) is 14.4 Å². The van der Waals surface area contributed by atoms with Crippen molar-refractivity contribution in [1.29, 1.82) is 0 Å². The van der Waals surface area contributed by atoms with E-state index in [-0.39, 0.29) is 25.7 Å². The highest BCUT2D eigenvalue weighted by molar-refractivity contribution is 6.01. The van der Waals surface area contributed by atoms with Crippen LogP contribution < -0.4 is 16.4 Å². The lowest BCUT2D eigenvalue weighted by atomic mass is 10.7. The number of nitrogens with two attached hydrogens (primary N) is 1. The molecule has 0 aliphatic carbocycles. The minimum absolute atomic E-state index is 0.124. The average molecular weight is 251 g/mol. The van der Waals surface area contributed by atoms with E-state index in [1.54, 1.807) is 6.92 Å². The predicted octanol–water partition coefficient (Wildman–Crippen LogP) is -2.10. The normalized spacial score (nSPS) is 12.2. The number of aliphatic hydroxyl groups is 2. The topological polar surface area (TPSA) is 151 Å². The van der Waals surface area contributed by atoms with Gasteiger partial charge in [0.05, 0.1) is 26.4 Å². The van der Waals surface area contributed by atoms with Crippen molar-refractivity contribution < 1.29 is 29.3 Å². The van der Waals surface area contributed by atoms with Crippen LogP contribution in [0.4, 0.5) is 9.59 Å². The molecule has 1 aliphatic heterocycles. The van der Waals surface area contributed by atoms with E-state index in [2.05, 4.69) is 15.8 Å². The zero-order chi connectivity index (χ0) is 13.7. The third kappa shape index (κ3) is 16.8. The van der Waals surface area contributed by atoms with Gasteiger partial charge in [0.25, 0.3) is 0 Å². The Kier molecular flexibility index (Phi) is 12.6. The van der Waals surface area contributed by atoms with Gasteiger partial charge in [-0.25, -0.2) is 9.59 Å². The van der Waals surface area contributed by atoms with Crippen LogP contribution in [-0.4, -0.2) is 54.6 Å². The lowest BCUT2D eigenvalue weighted by molar-refractivity contribution is -0.117. The van der Waals surface area contributed by atoms with Crippen molar-refractivity contribution >= 4 is 18.0 Å². The smallest absolute Gasteiger partial charge is 0.404 e. The fraction of sp³-hybridized carbons (Fsp3) is 0.625. The van der Waals surface area contributed by atoms with Gasteiger partial charge in [-0.1, -0.05) is 0 Å². The van der Waals surface area contributed by atoms with Gasteiger partial charge in [0, 0.05) is 0 Å². The van der Waals surface area contributed by atoms with Crippen LogP contribution in [0.15, 0.2) is 0 Å². The van der Waals surface area contributed by atoms with Crippen molar-refractivity contribution in [2.45, 2.75) is 6.92 Å². The largest absolute Gasteiger partial charge is 0.450 e. The van der Waals surface area contributed by atoms with Crippen molar-refractivity contribution in [2.24, 2.45) is 5.73 Å². The molecule has 6 N–H and O–H groups in total. The number of amides is 4. The summed E-state index contributed by atoms with van der Waals surface area (Å²) in [6.07, 6.45) is -0.711. The van der Waals surface area contributed by atoms with Gasteiger partial charge in [0.2, 0.25) is 5.91 Å². The summed E-state index contributed by atoms with van der Waals surface area (Å²) in [6, 6.07) is -0.398. The number of carbonyl (C=O) groups is 3. The zero-order valence-electron chi connectivity index (χ0n) is 9.43. The molecule has 1 aliphatic rings. The first kappa shape index (κ1) is 17.5. The van der Waals surface area contributed by atoms with Gasteiger partial charge in [-0.15, -0.1) is 0 Å². The van der Waals surface area contributed by atoms with Gasteiger partial charge in [-0.05, 0) is 6.92 Å². The minimum atomic E-state index is -0.711. The standard InChI is InChI=1S/C3H4N2O2.C3H7NO2.C2H6O2/c6-2-1-4-3(7)5-2;1-2-6-3(4)5;3-1-2-4/h1H2,(H2,4,5,6,7);2H2,1H3,(H2,4,5);3-4H,1-2H2. The second-order valence-corrected chi connectivity index (χ2v) is 2.43. The molecular weight excluding hydrogens is 234 g/mol. The highest BCUT2D eigenvalue weighted by atomic mass is 16.5. The molecule has 1 rings (SSSR count). The Morgan fingerprint density at radius 2 is 1.94 bits per heavy atom. The van der Waals surface area contributed by atoms with Crippen LogP contribution in [-0.2, 0) is 9.53 Å². The maximum Gasteiger partial charge on any atom is 0.404 e. The molecule has 0 atom stereocenters. The first-order chi connectivity index (χ1) is 7.97. The summed E-state index contributed by atoms with van der Waals surface area (Å²) in [7, 11) is 0. The second-order valence-electron chi connectivity index (χ2n) is 2.43. The SMILES string of the molecule is CCOC(N)=O.O=C1CNC(=O)N1.OCCO. The number of carbonyl (C=O) groups excluding carboxylic acids is 3. The molecule has 0 aromatic carbocycles.